The van der Waals surface area contributed by atoms with E-state index in [0.717, 1.165) is 5.56 Å². The highest BCUT2D eigenvalue weighted by molar-refractivity contribution is 7.07. The summed E-state index contributed by atoms with van der Waals surface area (Å²) in [6.45, 7) is 2.08. The van der Waals surface area contributed by atoms with E-state index in [0.29, 0.717) is 43.4 Å². The summed E-state index contributed by atoms with van der Waals surface area (Å²) in [5, 5.41) is 0. The maximum Gasteiger partial charge on any atom is 0.338 e. The minimum Gasteiger partial charge on any atom is -0.497 e. The Balaban J connectivity index is 1.90. The number of fused-ring (bicyclic) bond motifs is 1. The molecule has 37 heavy (non-hydrogen) atoms. The van der Waals surface area contributed by atoms with Crippen LogP contribution in [0.25, 0.3) is 6.08 Å². The minimum atomic E-state index is -0.730. The number of carbonyl (C=O) groups excluding carboxylic acids is 1. The van der Waals surface area contributed by atoms with Gasteiger partial charge in [0.1, 0.15) is 23.9 Å². The van der Waals surface area contributed by atoms with Crippen molar-refractivity contribution in [2.45, 2.75) is 13.0 Å². The molecule has 1 aliphatic rings. The van der Waals surface area contributed by atoms with Gasteiger partial charge in [0.15, 0.2) is 4.80 Å². The molecule has 3 aromatic rings. The van der Waals surface area contributed by atoms with Gasteiger partial charge in [-0.2, -0.15) is 0 Å². The molecule has 0 unspecified atom stereocenters. The van der Waals surface area contributed by atoms with E-state index in [1.165, 1.54) is 23.0 Å². The van der Waals surface area contributed by atoms with Crippen molar-refractivity contribution in [2.24, 2.45) is 4.99 Å². The first-order chi connectivity index (χ1) is 17.9. The first kappa shape index (κ1) is 26.2. The number of thiazole rings is 1. The summed E-state index contributed by atoms with van der Waals surface area (Å²) in [7, 11) is 6.24. The second-order valence-corrected chi connectivity index (χ2v) is 9.10. The van der Waals surface area contributed by atoms with Crippen LogP contribution >= 0.6 is 11.3 Å². The normalized spacial score (nSPS) is 15.2. The van der Waals surface area contributed by atoms with Crippen LogP contribution in [-0.2, 0) is 14.3 Å². The number of carbonyl (C=O) groups is 1. The zero-order valence-electron chi connectivity index (χ0n) is 21.3. The lowest BCUT2D eigenvalue weighted by Gasteiger charge is -2.25. The van der Waals surface area contributed by atoms with Crippen molar-refractivity contribution in [1.82, 2.24) is 4.57 Å². The Morgan fingerprint density at radius 1 is 1.00 bits per heavy atom. The number of benzene rings is 2. The predicted octanol–water partition coefficient (Wildman–Crippen LogP) is 2.45. The molecular weight excluding hydrogens is 496 g/mol. The van der Waals surface area contributed by atoms with Crippen molar-refractivity contribution in [3.05, 3.63) is 84.5 Å². The zero-order valence-corrected chi connectivity index (χ0v) is 22.1. The van der Waals surface area contributed by atoms with Crippen LogP contribution in [0.15, 0.2) is 63.5 Å². The Morgan fingerprint density at radius 2 is 1.70 bits per heavy atom. The Morgan fingerprint density at radius 3 is 2.35 bits per heavy atom. The Labute approximate surface area is 217 Å². The molecule has 1 aliphatic heterocycles. The van der Waals surface area contributed by atoms with Gasteiger partial charge in [-0.05, 0) is 48.9 Å². The number of aromatic nitrogens is 1. The molecular formula is C27H28N2O7S. The maximum atomic E-state index is 13.8. The SMILES string of the molecule is COCCOC(=O)C1=C(C)N=c2s/c(=C/c3cc(OC)ccc3OC)c(=O)n2[C@H]1c1ccc(OC)cc1. The smallest absolute Gasteiger partial charge is 0.338 e. The topological polar surface area (TPSA) is 97.6 Å². The molecule has 0 amide bonds. The fourth-order valence-electron chi connectivity index (χ4n) is 4.07. The average Bonchev–Trinajstić information content (AvgIpc) is 3.21. The summed E-state index contributed by atoms with van der Waals surface area (Å²) in [5.74, 6) is 1.33. The van der Waals surface area contributed by atoms with Gasteiger partial charge in [-0.25, -0.2) is 9.79 Å². The quantitative estimate of drug-likeness (QED) is 0.313. The third-order valence-corrected chi connectivity index (χ3v) is 6.90. The van der Waals surface area contributed by atoms with Crippen LogP contribution in [0.3, 0.4) is 0 Å². The fourth-order valence-corrected chi connectivity index (χ4v) is 5.11. The van der Waals surface area contributed by atoms with Crippen molar-refractivity contribution in [1.29, 1.82) is 0 Å². The minimum absolute atomic E-state index is 0.0848. The summed E-state index contributed by atoms with van der Waals surface area (Å²) in [6, 6.07) is 11.9. The molecule has 0 N–H and O–H groups in total. The second kappa shape index (κ2) is 11.4. The number of allylic oxidation sites excluding steroid dienone is 1. The molecule has 1 atom stereocenters. The standard InChI is InChI=1S/C27H28N2O7S/c1-16-23(26(31)36-13-12-32-2)24(17-6-8-19(33-3)9-7-17)29-25(30)22(37-27(29)28-16)15-18-14-20(34-4)10-11-21(18)35-5/h6-11,14-15,24H,12-13H2,1-5H3/b22-15+/t24-/m0/s1. The highest BCUT2D eigenvalue weighted by Crippen LogP contribution is 2.32. The molecule has 0 aliphatic carbocycles. The van der Waals surface area contributed by atoms with Gasteiger partial charge < -0.3 is 23.7 Å². The Kier molecular flexibility index (Phi) is 8.10. The number of nitrogens with zero attached hydrogens (tertiary/aromatic N) is 2. The molecule has 0 saturated carbocycles. The second-order valence-electron chi connectivity index (χ2n) is 8.09. The van der Waals surface area contributed by atoms with Crippen LogP contribution in [0.4, 0.5) is 0 Å². The van der Waals surface area contributed by atoms with Gasteiger partial charge in [0, 0.05) is 12.7 Å². The molecule has 10 heteroatoms. The lowest BCUT2D eigenvalue weighted by molar-refractivity contribution is -0.140. The van der Waals surface area contributed by atoms with Crippen LogP contribution in [0.1, 0.15) is 24.1 Å². The van der Waals surface area contributed by atoms with Crippen molar-refractivity contribution in [3.63, 3.8) is 0 Å². The van der Waals surface area contributed by atoms with Crippen molar-refractivity contribution >= 4 is 23.4 Å². The van der Waals surface area contributed by atoms with E-state index in [9.17, 15) is 9.59 Å². The first-order valence-corrected chi connectivity index (χ1v) is 12.3. The van der Waals surface area contributed by atoms with Crippen molar-refractivity contribution in [2.75, 3.05) is 41.7 Å². The molecule has 0 radical (unpaired) electrons. The molecule has 0 fully saturated rings. The van der Waals surface area contributed by atoms with Gasteiger partial charge in [0.25, 0.3) is 5.56 Å². The molecule has 9 nitrogen and oxygen atoms in total. The predicted molar refractivity (Wildman–Crippen MR) is 139 cm³/mol. The summed E-state index contributed by atoms with van der Waals surface area (Å²) in [5.41, 5.74) is 1.89. The number of rotatable bonds is 9. The number of esters is 1. The molecule has 0 spiro atoms. The summed E-state index contributed by atoms with van der Waals surface area (Å²) < 4.78 is 28.5. The highest BCUT2D eigenvalue weighted by atomic mass is 32.1. The van der Waals surface area contributed by atoms with Gasteiger partial charge in [-0.15, -0.1) is 0 Å². The van der Waals surface area contributed by atoms with E-state index in [2.05, 4.69) is 4.99 Å². The number of methoxy groups -OCH3 is 4. The Bertz CT molecular complexity index is 1500. The number of hydrogen-bond acceptors (Lipinski definition) is 9. The zero-order chi connectivity index (χ0) is 26.5. The van der Waals surface area contributed by atoms with Gasteiger partial charge in [0.2, 0.25) is 0 Å². The van der Waals surface area contributed by atoms with Crippen LogP contribution in [0.5, 0.6) is 17.2 Å². The van der Waals surface area contributed by atoms with Crippen LogP contribution in [0.2, 0.25) is 0 Å². The molecule has 4 rings (SSSR count). The maximum absolute atomic E-state index is 13.8. The van der Waals surface area contributed by atoms with E-state index >= 15 is 0 Å². The number of ether oxygens (including phenoxy) is 5. The molecule has 2 aromatic carbocycles. The average molecular weight is 525 g/mol. The van der Waals surface area contributed by atoms with Gasteiger partial charge in [0.05, 0.1) is 49.8 Å². The lowest BCUT2D eigenvalue weighted by atomic mass is 9.96. The van der Waals surface area contributed by atoms with Crippen LogP contribution in [-0.4, -0.2) is 52.2 Å². The molecule has 194 valence electrons. The van der Waals surface area contributed by atoms with E-state index < -0.39 is 12.0 Å². The van der Waals surface area contributed by atoms with Gasteiger partial charge in [-0.1, -0.05) is 23.5 Å². The first-order valence-electron chi connectivity index (χ1n) is 11.5. The van der Waals surface area contributed by atoms with Crippen LogP contribution in [0, 0.1) is 0 Å². The number of hydrogen-bond donors (Lipinski definition) is 0. The van der Waals surface area contributed by atoms with Crippen LogP contribution < -0.4 is 29.1 Å². The monoisotopic (exact) mass is 524 g/mol. The summed E-state index contributed by atoms with van der Waals surface area (Å²) in [4.78, 5) is 32.1. The van der Waals surface area contributed by atoms with Crippen molar-refractivity contribution < 1.29 is 28.5 Å². The Hall–Kier alpha value is -3.89. The van der Waals surface area contributed by atoms with E-state index in [1.54, 1.807) is 64.7 Å². The third-order valence-electron chi connectivity index (χ3n) is 5.92. The van der Waals surface area contributed by atoms with Crippen molar-refractivity contribution in [3.8, 4) is 17.2 Å². The van der Waals surface area contributed by atoms with E-state index in [-0.39, 0.29) is 18.8 Å². The molecule has 0 bridgehead atoms. The van der Waals surface area contributed by atoms with E-state index in [4.69, 9.17) is 23.7 Å². The summed E-state index contributed by atoms with van der Waals surface area (Å²) >= 11 is 1.24. The highest BCUT2D eigenvalue weighted by Gasteiger charge is 2.33. The third kappa shape index (κ3) is 5.30. The molecule has 2 heterocycles. The lowest BCUT2D eigenvalue weighted by Crippen LogP contribution is -2.40. The fraction of sp³-hybridized carbons (Fsp3) is 0.296. The van der Waals surface area contributed by atoms with E-state index in [1.807, 2.05) is 12.1 Å². The van der Waals surface area contributed by atoms with Gasteiger partial charge in [-0.3, -0.25) is 9.36 Å². The molecule has 1 aromatic heterocycles. The van der Waals surface area contributed by atoms with Gasteiger partial charge >= 0.3 is 5.97 Å². The molecule has 0 saturated heterocycles. The largest absolute Gasteiger partial charge is 0.497 e. The summed E-state index contributed by atoms with van der Waals surface area (Å²) in [6.07, 6.45) is 1.74.